The van der Waals surface area contributed by atoms with Crippen molar-refractivity contribution in [3.8, 4) is 11.5 Å². The van der Waals surface area contributed by atoms with Gasteiger partial charge < -0.3 is 9.47 Å². The van der Waals surface area contributed by atoms with Gasteiger partial charge in [-0.2, -0.15) is 0 Å². The molecular formula is C15H11FO3. The molecule has 1 aliphatic heterocycles. The molecule has 0 N–H and O–H groups in total. The highest BCUT2D eigenvalue weighted by Gasteiger charge is 2.17. The van der Waals surface area contributed by atoms with Crippen LogP contribution in [-0.4, -0.2) is 12.6 Å². The molecule has 0 aromatic heterocycles. The van der Waals surface area contributed by atoms with Gasteiger partial charge in [-0.25, -0.2) is 4.39 Å². The minimum absolute atomic E-state index is 0.159. The molecule has 0 saturated carbocycles. The average Bonchev–Trinajstić information content (AvgIpc) is 2.83. The van der Waals surface area contributed by atoms with Crippen molar-refractivity contribution in [2.45, 2.75) is 6.92 Å². The summed E-state index contributed by atoms with van der Waals surface area (Å²) in [6.45, 7) is 1.91. The third-order valence-electron chi connectivity index (χ3n) is 2.94. The van der Waals surface area contributed by atoms with Crippen molar-refractivity contribution >= 4 is 5.78 Å². The summed E-state index contributed by atoms with van der Waals surface area (Å²) in [5.74, 6) is 0.510. The molecule has 2 aromatic carbocycles. The molecule has 0 unspecified atom stereocenters. The number of ether oxygens (including phenoxy) is 2. The first kappa shape index (κ1) is 11.7. The van der Waals surface area contributed by atoms with Gasteiger partial charge in [0.1, 0.15) is 5.82 Å². The second-order valence-corrected chi connectivity index (χ2v) is 4.41. The Balaban J connectivity index is 1.99. The van der Waals surface area contributed by atoms with Crippen LogP contribution in [0.25, 0.3) is 0 Å². The number of halogens is 1. The van der Waals surface area contributed by atoms with Gasteiger partial charge in [0.15, 0.2) is 17.3 Å². The number of rotatable bonds is 2. The fraction of sp³-hybridized carbons (Fsp3) is 0.133. The lowest BCUT2D eigenvalue weighted by Gasteiger charge is -2.04. The van der Waals surface area contributed by atoms with E-state index < -0.39 is 5.82 Å². The lowest BCUT2D eigenvalue weighted by molar-refractivity contribution is 0.103. The van der Waals surface area contributed by atoms with Gasteiger partial charge in [0.05, 0.1) is 0 Å². The SMILES string of the molecule is Cc1cc(F)cc(C(=O)c2ccc3c(c2)OCO3)c1. The highest BCUT2D eigenvalue weighted by Crippen LogP contribution is 2.33. The fourth-order valence-corrected chi connectivity index (χ4v) is 2.07. The molecule has 1 heterocycles. The summed E-state index contributed by atoms with van der Waals surface area (Å²) >= 11 is 0. The standard InChI is InChI=1S/C15H11FO3/c1-9-4-11(6-12(16)5-9)15(17)10-2-3-13-14(7-10)19-8-18-13/h2-7H,8H2,1H3. The number of hydrogen-bond acceptors (Lipinski definition) is 3. The van der Waals surface area contributed by atoms with E-state index in [4.69, 9.17) is 9.47 Å². The van der Waals surface area contributed by atoms with Crippen LogP contribution in [0.3, 0.4) is 0 Å². The first-order valence-corrected chi connectivity index (χ1v) is 5.85. The number of aryl methyl sites for hydroxylation is 1. The van der Waals surface area contributed by atoms with Crippen LogP contribution >= 0.6 is 0 Å². The largest absolute Gasteiger partial charge is 0.454 e. The number of benzene rings is 2. The zero-order valence-corrected chi connectivity index (χ0v) is 10.3. The quantitative estimate of drug-likeness (QED) is 0.776. The molecule has 2 aromatic rings. The summed E-state index contributed by atoms with van der Waals surface area (Å²) in [5, 5.41) is 0. The fourth-order valence-electron chi connectivity index (χ4n) is 2.07. The predicted molar refractivity (Wildman–Crippen MR) is 67.1 cm³/mol. The van der Waals surface area contributed by atoms with Crippen LogP contribution in [0, 0.1) is 12.7 Å². The third-order valence-corrected chi connectivity index (χ3v) is 2.94. The highest BCUT2D eigenvalue weighted by molar-refractivity contribution is 6.09. The summed E-state index contributed by atoms with van der Waals surface area (Å²) in [7, 11) is 0. The van der Waals surface area contributed by atoms with Crippen LogP contribution in [-0.2, 0) is 0 Å². The van der Waals surface area contributed by atoms with Crippen LogP contribution in [0.15, 0.2) is 36.4 Å². The van der Waals surface area contributed by atoms with Gasteiger partial charge in [0.2, 0.25) is 6.79 Å². The van der Waals surface area contributed by atoms with Crippen molar-refractivity contribution in [1.82, 2.24) is 0 Å². The minimum atomic E-state index is -0.413. The van der Waals surface area contributed by atoms with Crippen molar-refractivity contribution in [3.05, 3.63) is 58.9 Å². The van der Waals surface area contributed by atoms with E-state index in [0.29, 0.717) is 28.2 Å². The summed E-state index contributed by atoms with van der Waals surface area (Å²) in [6, 6.07) is 9.23. The Morgan fingerprint density at radius 3 is 2.63 bits per heavy atom. The van der Waals surface area contributed by atoms with Gasteiger partial charge in [-0.1, -0.05) is 0 Å². The second kappa shape index (κ2) is 4.39. The minimum Gasteiger partial charge on any atom is -0.454 e. The maximum absolute atomic E-state index is 13.3. The Morgan fingerprint density at radius 2 is 1.84 bits per heavy atom. The zero-order chi connectivity index (χ0) is 13.4. The third kappa shape index (κ3) is 2.17. The molecule has 0 amide bonds. The molecule has 3 rings (SSSR count). The van der Waals surface area contributed by atoms with Gasteiger partial charge in [0, 0.05) is 11.1 Å². The van der Waals surface area contributed by atoms with Crippen LogP contribution in [0.5, 0.6) is 11.5 Å². The number of ketones is 1. The van der Waals surface area contributed by atoms with Crippen molar-refractivity contribution in [2.24, 2.45) is 0 Å². The summed E-state index contributed by atoms with van der Waals surface area (Å²) in [4.78, 5) is 12.3. The number of carbonyl (C=O) groups excluding carboxylic acids is 1. The Labute approximate surface area is 109 Å². The Kier molecular flexibility index (Phi) is 2.71. The average molecular weight is 258 g/mol. The van der Waals surface area contributed by atoms with Gasteiger partial charge in [0.25, 0.3) is 0 Å². The van der Waals surface area contributed by atoms with Gasteiger partial charge in [-0.05, 0) is 48.9 Å². The van der Waals surface area contributed by atoms with Crippen molar-refractivity contribution in [2.75, 3.05) is 6.79 Å². The second-order valence-electron chi connectivity index (χ2n) is 4.41. The molecule has 96 valence electrons. The lowest BCUT2D eigenvalue weighted by atomic mass is 10.0. The van der Waals surface area contributed by atoms with Crippen molar-refractivity contribution in [3.63, 3.8) is 0 Å². The first-order chi connectivity index (χ1) is 9.13. The first-order valence-electron chi connectivity index (χ1n) is 5.85. The molecule has 0 atom stereocenters. The number of hydrogen-bond donors (Lipinski definition) is 0. The van der Waals surface area contributed by atoms with Gasteiger partial charge >= 0.3 is 0 Å². The molecule has 0 saturated heterocycles. The Morgan fingerprint density at radius 1 is 1.05 bits per heavy atom. The molecule has 1 aliphatic rings. The normalized spacial score (nSPS) is 12.5. The van der Waals surface area contributed by atoms with E-state index >= 15 is 0 Å². The molecule has 4 heteroatoms. The Hall–Kier alpha value is -2.36. The van der Waals surface area contributed by atoms with E-state index in [2.05, 4.69) is 0 Å². The summed E-state index contributed by atoms with van der Waals surface area (Å²) in [6.07, 6.45) is 0. The maximum atomic E-state index is 13.3. The molecular weight excluding hydrogens is 247 g/mol. The molecule has 0 bridgehead atoms. The predicted octanol–water partition coefficient (Wildman–Crippen LogP) is 3.09. The topological polar surface area (TPSA) is 35.5 Å². The van der Waals surface area contributed by atoms with E-state index in [0.717, 1.165) is 0 Å². The van der Waals surface area contributed by atoms with Crippen molar-refractivity contribution < 1.29 is 18.7 Å². The van der Waals surface area contributed by atoms with Gasteiger partial charge in [-0.3, -0.25) is 4.79 Å². The molecule has 0 radical (unpaired) electrons. The smallest absolute Gasteiger partial charge is 0.231 e. The molecule has 3 nitrogen and oxygen atoms in total. The number of carbonyl (C=O) groups is 1. The van der Waals surface area contributed by atoms with Crippen LogP contribution in [0.2, 0.25) is 0 Å². The molecule has 0 spiro atoms. The summed E-state index contributed by atoms with van der Waals surface area (Å²) in [5.41, 5.74) is 1.50. The molecule has 0 aliphatic carbocycles. The van der Waals surface area contributed by atoms with E-state index in [1.165, 1.54) is 12.1 Å². The van der Waals surface area contributed by atoms with E-state index in [9.17, 15) is 9.18 Å². The van der Waals surface area contributed by atoms with E-state index in [-0.39, 0.29) is 12.6 Å². The van der Waals surface area contributed by atoms with Crippen LogP contribution in [0.1, 0.15) is 21.5 Å². The van der Waals surface area contributed by atoms with Gasteiger partial charge in [-0.15, -0.1) is 0 Å². The molecule has 19 heavy (non-hydrogen) atoms. The zero-order valence-electron chi connectivity index (χ0n) is 10.3. The Bertz CT molecular complexity index is 644. The van der Waals surface area contributed by atoms with E-state index in [1.807, 2.05) is 0 Å². The maximum Gasteiger partial charge on any atom is 0.231 e. The number of fused-ring (bicyclic) bond motifs is 1. The van der Waals surface area contributed by atoms with E-state index in [1.54, 1.807) is 31.2 Å². The summed E-state index contributed by atoms with van der Waals surface area (Å²) < 4.78 is 23.7. The van der Waals surface area contributed by atoms with Crippen molar-refractivity contribution in [1.29, 1.82) is 0 Å². The molecule has 0 fully saturated rings. The lowest BCUT2D eigenvalue weighted by Crippen LogP contribution is -2.02. The highest BCUT2D eigenvalue weighted by atomic mass is 19.1. The van der Waals surface area contributed by atoms with Crippen LogP contribution in [0.4, 0.5) is 4.39 Å². The van der Waals surface area contributed by atoms with Crippen LogP contribution < -0.4 is 9.47 Å². The monoisotopic (exact) mass is 258 g/mol.